The first kappa shape index (κ1) is 29.0. The summed E-state index contributed by atoms with van der Waals surface area (Å²) < 4.78 is 44.2. The third-order valence-electron chi connectivity index (χ3n) is 6.06. The van der Waals surface area contributed by atoms with Crippen LogP contribution < -0.4 is 18.5 Å². The second-order valence-corrected chi connectivity index (χ2v) is 10.0. The molecule has 1 aliphatic heterocycles. The number of allylic oxidation sites excluding steroid dienone is 2. The van der Waals surface area contributed by atoms with Crippen LogP contribution in [-0.4, -0.2) is 72.9 Å². The Bertz CT molecular complexity index is 1250. The summed E-state index contributed by atoms with van der Waals surface area (Å²) in [5, 5.41) is 9.71. The van der Waals surface area contributed by atoms with Crippen LogP contribution in [0.2, 0.25) is 0 Å². The average Bonchev–Trinajstić information content (AvgIpc) is 3.35. The highest BCUT2D eigenvalue weighted by Gasteiger charge is 2.26. The van der Waals surface area contributed by atoms with Crippen molar-refractivity contribution in [2.75, 3.05) is 50.7 Å². The molecule has 1 fully saturated rings. The number of hydrogen-bond donors (Lipinski definition) is 2. The van der Waals surface area contributed by atoms with Gasteiger partial charge in [-0.25, -0.2) is 13.3 Å². The van der Waals surface area contributed by atoms with Crippen molar-refractivity contribution in [1.29, 1.82) is 0 Å². The summed E-state index contributed by atoms with van der Waals surface area (Å²) in [5.74, 6) is -0.876. The zero-order valence-electron chi connectivity index (χ0n) is 21.2. The molecule has 38 heavy (non-hydrogen) atoms. The predicted octanol–water partition coefficient (Wildman–Crippen LogP) is 3.24. The number of carboxylic acid groups (broad SMARTS) is 1. The van der Waals surface area contributed by atoms with Crippen molar-refractivity contribution in [2.45, 2.75) is 6.42 Å². The number of hydrogen-bond acceptors (Lipinski definition) is 6. The number of anilines is 1. The summed E-state index contributed by atoms with van der Waals surface area (Å²) in [4.78, 5) is 24.2. The van der Waals surface area contributed by atoms with Gasteiger partial charge in [0.15, 0.2) is 17.0 Å². The SMILES string of the molecule is C=C/C=C(\C=C)COc1cc2ccc(OCC3CCN(CC(=O)O)C3)cc2c(F)c1N(CC=O)S(=O)NC. The Hall–Kier alpha value is -3.54. The van der Waals surface area contributed by atoms with E-state index >= 15 is 4.39 Å². The van der Waals surface area contributed by atoms with Crippen LogP contribution in [0.15, 0.2) is 61.2 Å². The van der Waals surface area contributed by atoms with Crippen molar-refractivity contribution in [3.63, 3.8) is 0 Å². The van der Waals surface area contributed by atoms with E-state index in [-0.39, 0.29) is 42.4 Å². The first-order valence-corrected chi connectivity index (χ1v) is 13.1. The number of nitrogens with one attached hydrogen (secondary N) is 1. The molecule has 1 saturated heterocycles. The lowest BCUT2D eigenvalue weighted by atomic mass is 10.1. The minimum atomic E-state index is -1.91. The molecule has 204 valence electrons. The topological polar surface area (TPSA) is 108 Å². The first-order chi connectivity index (χ1) is 18.3. The zero-order chi connectivity index (χ0) is 27.7. The summed E-state index contributed by atoms with van der Waals surface area (Å²) in [5.41, 5.74) is 0.567. The lowest BCUT2D eigenvalue weighted by Gasteiger charge is -2.24. The van der Waals surface area contributed by atoms with E-state index in [9.17, 15) is 13.8 Å². The summed E-state index contributed by atoms with van der Waals surface area (Å²) in [6, 6.07) is 6.59. The van der Waals surface area contributed by atoms with Crippen LogP contribution >= 0.6 is 0 Å². The quantitative estimate of drug-likeness (QED) is 0.261. The van der Waals surface area contributed by atoms with Crippen LogP contribution in [0.1, 0.15) is 6.42 Å². The second kappa shape index (κ2) is 13.8. The van der Waals surface area contributed by atoms with E-state index in [1.165, 1.54) is 7.05 Å². The van der Waals surface area contributed by atoms with Gasteiger partial charge in [0.05, 0.1) is 19.7 Å². The van der Waals surface area contributed by atoms with E-state index in [0.717, 1.165) is 10.7 Å². The van der Waals surface area contributed by atoms with E-state index in [0.29, 0.717) is 42.7 Å². The lowest BCUT2D eigenvalue weighted by Crippen LogP contribution is -2.35. The van der Waals surface area contributed by atoms with Crippen molar-refractivity contribution >= 4 is 39.9 Å². The standard InChI is InChI=1S/C27H32FN3O6S/c1-4-6-19(5-2)17-37-24-13-21-7-8-22(36-18-20-9-10-30(15-20)16-25(33)34)14-23(21)26(28)27(24)31(11-12-32)38(35)29-3/h4-8,12-14,20,29H,1-2,9-11,15-18H2,3H3,(H,33,34)/b19-6+. The van der Waals surface area contributed by atoms with Gasteiger partial charge in [-0.05, 0) is 49.2 Å². The fourth-order valence-electron chi connectivity index (χ4n) is 4.23. The number of carbonyl (C=O) groups excluding carboxylic acids is 1. The molecular formula is C27H32FN3O6S. The van der Waals surface area contributed by atoms with Crippen LogP contribution in [0.25, 0.3) is 10.8 Å². The zero-order valence-corrected chi connectivity index (χ0v) is 22.0. The van der Waals surface area contributed by atoms with Crippen LogP contribution in [0.5, 0.6) is 11.5 Å². The summed E-state index contributed by atoms with van der Waals surface area (Å²) >= 11 is -1.91. The Morgan fingerprint density at radius 2 is 2.13 bits per heavy atom. The van der Waals surface area contributed by atoms with Crippen molar-refractivity contribution < 1.29 is 32.8 Å². The van der Waals surface area contributed by atoms with Gasteiger partial charge in [0.2, 0.25) is 0 Å². The van der Waals surface area contributed by atoms with Crippen LogP contribution in [0.3, 0.4) is 0 Å². The van der Waals surface area contributed by atoms with Crippen molar-refractivity contribution in [3.05, 3.63) is 67.0 Å². The van der Waals surface area contributed by atoms with E-state index in [4.69, 9.17) is 14.6 Å². The molecule has 0 spiro atoms. The Labute approximate surface area is 223 Å². The highest BCUT2D eigenvalue weighted by Crippen LogP contribution is 2.39. The Balaban J connectivity index is 1.94. The summed E-state index contributed by atoms with van der Waals surface area (Å²) in [7, 11) is 1.43. The van der Waals surface area contributed by atoms with Gasteiger partial charge in [-0.1, -0.05) is 37.5 Å². The summed E-state index contributed by atoms with van der Waals surface area (Å²) in [6.45, 7) is 8.75. The molecular weight excluding hydrogens is 513 g/mol. The highest BCUT2D eigenvalue weighted by molar-refractivity contribution is 7.84. The van der Waals surface area contributed by atoms with Crippen LogP contribution in [0, 0.1) is 11.7 Å². The number of benzene rings is 2. The fourth-order valence-corrected chi connectivity index (χ4v) is 4.99. The molecule has 1 aliphatic rings. The van der Waals surface area contributed by atoms with Crippen molar-refractivity contribution in [3.8, 4) is 11.5 Å². The molecule has 0 aromatic heterocycles. The number of halogens is 1. The van der Waals surface area contributed by atoms with E-state index in [2.05, 4.69) is 17.9 Å². The van der Waals surface area contributed by atoms with Gasteiger partial charge >= 0.3 is 5.97 Å². The Kier molecular flexibility index (Phi) is 10.6. The number of carbonyl (C=O) groups is 2. The molecule has 0 radical (unpaired) electrons. The van der Waals surface area contributed by atoms with Gasteiger partial charge in [-0.15, -0.1) is 0 Å². The molecule has 0 amide bonds. The maximum Gasteiger partial charge on any atom is 0.317 e. The molecule has 0 bridgehead atoms. The number of rotatable bonds is 15. The molecule has 1 heterocycles. The van der Waals surface area contributed by atoms with Gasteiger partial charge in [-0.2, -0.15) is 0 Å². The predicted molar refractivity (Wildman–Crippen MR) is 146 cm³/mol. The fraction of sp³-hybridized carbons (Fsp3) is 0.333. The number of carboxylic acids is 1. The molecule has 11 heteroatoms. The molecule has 2 N–H and O–H groups in total. The first-order valence-electron chi connectivity index (χ1n) is 12.0. The van der Waals surface area contributed by atoms with E-state index in [1.54, 1.807) is 42.5 Å². The van der Waals surface area contributed by atoms with Gasteiger partial charge in [0.25, 0.3) is 0 Å². The van der Waals surface area contributed by atoms with Crippen LogP contribution in [0.4, 0.5) is 10.1 Å². The number of ether oxygens (including phenoxy) is 2. The van der Waals surface area contributed by atoms with E-state index in [1.807, 2.05) is 4.90 Å². The number of fused-ring (bicyclic) bond motifs is 1. The van der Waals surface area contributed by atoms with Crippen molar-refractivity contribution in [2.24, 2.45) is 5.92 Å². The monoisotopic (exact) mass is 545 g/mol. The highest BCUT2D eigenvalue weighted by atomic mass is 32.2. The molecule has 3 rings (SSSR count). The molecule has 2 unspecified atom stereocenters. The third-order valence-corrected chi connectivity index (χ3v) is 7.14. The molecule has 0 aliphatic carbocycles. The number of nitrogens with zero attached hydrogens (tertiary/aromatic N) is 2. The lowest BCUT2D eigenvalue weighted by molar-refractivity contribution is -0.138. The maximum atomic E-state index is 16.1. The largest absolute Gasteiger partial charge is 0.493 e. The van der Waals surface area contributed by atoms with Gasteiger partial charge in [0, 0.05) is 17.8 Å². The molecule has 2 aromatic rings. The number of likely N-dealkylation sites (tertiary alicyclic amines) is 1. The number of aliphatic carboxylic acids is 1. The van der Waals surface area contributed by atoms with Gasteiger partial charge in [0.1, 0.15) is 30.1 Å². The molecule has 9 nitrogen and oxygen atoms in total. The Morgan fingerprint density at radius 1 is 1.34 bits per heavy atom. The molecule has 2 atom stereocenters. The maximum absolute atomic E-state index is 16.1. The normalized spacial score (nSPS) is 16.7. The summed E-state index contributed by atoms with van der Waals surface area (Å²) in [6.07, 6.45) is 6.21. The average molecular weight is 546 g/mol. The minimum Gasteiger partial charge on any atom is -0.493 e. The van der Waals surface area contributed by atoms with E-state index < -0.39 is 23.0 Å². The van der Waals surface area contributed by atoms with Gasteiger partial charge in [-0.3, -0.25) is 14.0 Å². The van der Waals surface area contributed by atoms with Gasteiger partial charge < -0.3 is 19.4 Å². The molecule has 2 aromatic carbocycles. The number of aldehydes is 1. The molecule has 0 saturated carbocycles. The van der Waals surface area contributed by atoms with Crippen LogP contribution in [-0.2, 0) is 20.8 Å². The Morgan fingerprint density at radius 3 is 2.79 bits per heavy atom. The second-order valence-electron chi connectivity index (χ2n) is 8.67. The smallest absolute Gasteiger partial charge is 0.317 e. The minimum absolute atomic E-state index is 0.00613. The third kappa shape index (κ3) is 7.27. The van der Waals surface area contributed by atoms with Crippen molar-refractivity contribution in [1.82, 2.24) is 9.62 Å².